The van der Waals surface area contributed by atoms with Crippen LogP contribution in [-0.4, -0.2) is 65.8 Å². The normalized spacial score (nSPS) is 22.4. The van der Waals surface area contributed by atoms with Gasteiger partial charge in [0.05, 0.1) is 12.6 Å². The lowest BCUT2D eigenvalue weighted by atomic mass is 10.0. The first-order valence-corrected chi connectivity index (χ1v) is 8.47. The van der Waals surface area contributed by atoms with Crippen LogP contribution in [0.5, 0.6) is 0 Å². The van der Waals surface area contributed by atoms with Gasteiger partial charge in [-0.25, -0.2) is 0 Å². The van der Waals surface area contributed by atoms with Gasteiger partial charge in [0.1, 0.15) is 0 Å². The molecular formula is C18H25N3O2. The second-order valence-corrected chi connectivity index (χ2v) is 6.46. The van der Waals surface area contributed by atoms with Gasteiger partial charge in [0.15, 0.2) is 0 Å². The summed E-state index contributed by atoms with van der Waals surface area (Å²) >= 11 is 0. The third kappa shape index (κ3) is 3.72. The minimum absolute atomic E-state index is 0.0360. The Bertz CT molecular complexity index is 555. The van der Waals surface area contributed by atoms with Gasteiger partial charge in [-0.05, 0) is 18.4 Å². The van der Waals surface area contributed by atoms with E-state index in [9.17, 15) is 9.59 Å². The minimum atomic E-state index is 0.0360. The molecule has 5 heteroatoms. The molecule has 2 amide bonds. The van der Waals surface area contributed by atoms with E-state index in [0.29, 0.717) is 13.1 Å². The highest BCUT2D eigenvalue weighted by atomic mass is 16.2. The highest BCUT2D eigenvalue weighted by Gasteiger charge is 2.31. The Morgan fingerprint density at radius 3 is 2.39 bits per heavy atom. The average molecular weight is 315 g/mol. The predicted molar refractivity (Wildman–Crippen MR) is 88.8 cm³/mol. The Hall–Kier alpha value is -1.88. The van der Waals surface area contributed by atoms with Crippen molar-refractivity contribution in [1.82, 2.24) is 14.7 Å². The van der Waals surface area contributed by atoms with Crippen molar-refractivity contribution in [2.45, 2.75) is 25.8 Å². The Balaban J connectivity index is 1.68. The first-order chi connectivity index (χ1) is 11.1. The van der Waals surface area contributed by atoms with Crippen LogP contribution in [-0.2, 0) is 9.59 Å². The van der Waals surface area contributed by atoms with E-state index in [-0.39, 0.29) is 17.9 Å². The molecule has 0 aliphatic carbocycles. The molecule has 5 nitrogen and oxygen atoms in total. The Morgan fingerprint density at radius 1 is 1.04 bits per heavy atom. The maximum absolute atomic E-state index is 12.4. The summed E-state index contributed by atoms with van der Waals surface area (Å²) in [4.78, 5) is 30.4. The summed E-state index contributed by atoms with van der Waals surface area (Å²) in [6.45, 7) is 6.06. The van der Waals surface area contributed by atoms with Gasteiger partial charge in [0.2, 0.25) is 11.8 Å². The number of likely N-dealkylation sites (tertiary alicyclic amines) is 1. The van der Waals surface area contributed by atoms with Gasteiger partial charge in [-0.2, -0.15) is 0 Å². The van der Waals surface area contributed by atoms with Crippen molar-refractivity contribution in [3.8, 4) is 0 Å². The number of hydrogen-bond donors (Lipinski definition) is 0. The van der Waals surface area contributed by atoms with Crippen LogP contribution >= 0.6 is 0 Å². The average Bonchev–Trinajstić information content (AvgIpc) is 3.10. The van der Waals surface area contributed by atoms with Crippen molar-refractivity contribution in [3.05, 3.63) is 35.9 Å². The number of carbonyl (C=O) groups is 2. The van der Waals surface area contributed by atoms with Crippen molar-refractivity contribution in [2.75, 3.05) is 39.3 Å². The second kappa shape index (κ2) is 7.13. The lowest BCUT2D eigenvalue weighted by molar-refractivity contribution is -0.136. The van der Waals surface area contributed by atoms with Crippen LogP contribution in [0.4, 0.5) is 0 Å². The number of rotatable bonds is 3. The Labute approximate surface area is 137 Å². The number of benzene rings is 1. The fraction of sp³-hybridized carbons (Fsp3) is 0.556. The van der Waals surface area contributed by atoms with Gasteiger partial charge in [-0.1, -0.05) is 30.3 Å². The number of amides is 2. The second-order valence-electron chi connectivity index (χ2n) is 6.46. The van der Waals surface area contributed by atoms with Crippen LogP contribution in [0.15, 0.2) is 30.3 Å². The zero-order valence-corrected chi connectivity index (χ0v) is 13.8. The van der Waals surface area contributed by atoms with Gasteiger partial charge in [0, 0.05) is 39.6 Å². The molecule has 2 aliphatic heterocycles. The first-order valence-electron chi connectivity index (χ1n) is 8.47. The van der Waals surface area contributed by atoms with Gasteiger partial charge in [-0.3, -0.25) is 14.5 Å². The molecule has 0 radical (unpaired) electrons. The van der Waals surface area contributed by atoms with E-state index in [4.69, 9.17) is 0 Å². The molecule has 0 aromatic heterocycles. The van der Waals surface area contributed by atoms with E-state index in [0.717, 1.165) is 44.6 Å². The number of carbonyl (C=O) groups excluding carboxylic acids is 2. The summed E-state index contributed by atoms with van der Waals surface area (Å²) in [7, 11) is 0. The zero-order valence-electron chi connectivity index (χ0n) is 13.8. The van der Waals surface area contributed by atoms with Crippen LogP contribution < -0.4 is 0 Å². The zero-order chi connectivity index (χ0) is 16.2. The number of hydrogen-bond acceptors (Lipinski definition) is 3. The molecule has 23 heavy (non-hydrogen) atoms. The fourth-order valence-electron chi connectivity index (χ4n) is 3.58. The molecule has 2 aliphatic rings. The third-order valence-electron chi connectivity index (χ3n) is 4.87. The van der Waals surface area contributed by atoms with Gasteiger partial charge in [0.25, 0.3) is 0 Å². The van der Waals surface area contributed by atoms with Gasteiger partial charge < -0.3 is 9.80 Å². The van der Waals surface area contributed by atoms with E-state index in [2.05, 4.69) is 17.0 Å². The molecule has 124 valence electrons. The van der Waals surface area contributed by atoms with Crippen molar-refractivity contribution in [3.63, 3.8) is 0 Å². The summed E-state index contributed by atoms with van der Waals surface area (Å²) < 4.78 is 0. The highest BCUT2D eigenvalue weighted by Crippen LogP contribution is 2.25. The van der Waals surface area contributed by atoms with E-state index in [1.165, 1.54) is 0 Å². The molecule has 2 saturated heterocycles. The molecule has 2 heterocycles. The molecule has 0 saturated carbocycles. The van der Waals surface area contributed by atoms with Crippen molar-refractivity contribution >= 4 is 11.8 Å². The van der Waals surface area contributed by atoms with E-state index in [1.54, 1.807) is 6.92 Å². The van der Waals surface area contributed by atoms with Crippen LogP contribution in [0.3, 0.4) is 0 Å². The molecule has 0 N–H and O–H groups in total. The van der Waals surface area contributed by atoms with Crippen LogP contribution in [0.2, 0.25) is 0 Å². The summed E-state index contributed by atoms with van der Waals surface area (Å²) in [5.74, 6) is 0.329. The van der Waals surface area contributed by atoms with Crippen molar-refractivity contribution < 1.29 is 9.59 Å². The summed E-state index contributed by atoms with van der Waals surface area (Å²) in [5, 5.41) is 0. The maximum Gasteiger partial charge on any atom is 0.236 e. The van der Waals surface area contributed by atoms with Crippen molar-refractivity contribution in [1.29, 1.82) is 0 Å². The fourth-order valence-corrected chi connectivity index (χ4v) is 3.58. The van der Waals surface area contributed by atoms with Gasteiger partial charge >= 0.3 is 0 Å². The standard InChI is InChI=1S/C18H25N3O2/c1-15(22)21-12-11-19(14-18(23)20-9-5-6-10-20)13-17(21)16-7-3-2-4-8-16/h2-4,7-8,17H,5-6,9-14H2,1H3/t17-/m0/s1. The van der Waals surface area contributed by atoms with Gasteiger partial charge in [-0.15, -0.1) is 0 Å². The number of piperazine rings is 1. The topological polar surface area (TPSA) is 43.9 Å². The Kier molecular flexibility index (Phi) is 4.96. The molecule has 3 rings (SSSR count). The SMILES string of the molecule is CC(=O)N1CCN(CC(=O)N2CCCC2)C[C@H]1c1ccccc1. The van der Waals surface area contributed by atoms with Crippen LogP contribution in [0, 0.1) is 0 Å². The summed E-state index contributed by atoms with van der Waals surface area (Å²) in [6.07, 6.45) is 2.24. The minimum Gasteiger partial charge on any atom is -0.342 e. The van der Waals surface area contributed by atoms with E-state index < -0.39 is 0 Å². The number of nitrogens with zero attached hydrogens (tertiary/aromatic N) is 3. The summed E-state index contributed by atoms with van der Waals surface area (Å²) in [5.41, 5.74) is 1.14. The molecule has 0 unspecified atom stereocenters. The first kappa shape index (κ1) is 16.0. The lowest BCUT2D eigenvalue weighted by Gasteiger charge is -2.41. The molecule has 0 bridgehead atoms. The van der Waals surface area contributed by atoms with Crippen LogP contribution in [0.25, 0.3) is 0 Å². The molecule has 1 atom stereocenters. The third-order valence-corrected chi connectivity index (χ3v) is 4.87. The monoisotopic (exact) mass is 315 g/mol. The molecule has 2 fully saturated rings. The van der Waals surface area contributed by atoms with E-state index >= 15 is 0 Å². The Morgan fingerprint density at radius 2 is 1.74 bits per heavy atom. The highest BCUT2D eigenvalue weighted by molar-refractivity contribution is 5.78. The largest absolute Gasteiger partial charge is 0.342 e. The predicted octanol–water partition coefficient (Wildman–Crippen LogP) is 1.51. The quantitative estimate of drug-likeness (QED) is 0.849. The maximum atomic E-state index is 12.4. The van der Waals surface area contributed by atoms with E-state index in [1.807, 2.05) is 28.0 Å². The van der Waals surface area contributed by atoms with Crippen molar-refractivity contribution in [2.24, 2.45) is 0 Å². The smallest absolute Gasteiger partial charge is 0.236 e. The molecular weight excluding hydrogens is 290 g/mol. The lowest BCUT2D eigenvalue weighted by Crippen LogP contribution is -2.52. The van der Waals surface area contributed by atoms with Crippen LogP contribution in [0.1, 0.15) is 31.4 Å². The molecule has 1 aromatic carbocycles. The molecule has 0 spiro atoms. The molecule has 1 aromatic rings. The summed E-state index contributed by atoms with van der Waals surface area (Å²) in [6, 6.07) is 10.1.